The summed E-state index contributed by atoms with van der Waals surface area (Å²) in [5.74, 6) is 0.444. The first-order valence-corrected chi connectivity index (χ1v) is 10.1. The molecule has 3 aromatic rings. The summed E-state index contributed by atoms with van der Waals surface area (Å²) >= 11 is 1.61. The summed E-state index contributed by atoms with van der Waals surface area (Å²) < 4.78 is 6.20. The number of fused-ring (bicyclic) bond motifs is 1. The van der Waals surface area contributed by atoms with E-state index in [1.165, 1.54) is 19.4 Å². The third kappa shape index (κ3) is 4.01. The molecule has 0 aliphatic carbocycles. The Kier molecular flexibility index (Phi) is 5.45. The number of aromatic nitrogens is 3. The Balaban J connectivity index is 1.45. The number of methoxy groups -OCH3 is 1. The summed E-state index contributed by atoms with van der Waals surface area (Å²) in [6.45, 7) is 5.07. The summed E-state index contributed by atoms with van der Waals surface area (Å²) in [6, 6.07) is 7.83. The number of carbonyl (C=O) groups is 1. The van der Waals surface area contributed by atoms with E-state index in [-0.39, 0.29) is 17.8 Å². The zero-order valence-electron chi connectivity index (χ0n) is 16.3. The fourth-order valence-electron chi connectivity index (χ4n) is 3.22. The zero-order valence-corrected chi connectivity index (χ0v) is 17.1. The van der Waals surface area contributed by atoms with Gasteiger partial charge in [-0.3, -0.25) is 4.79 Å². The van der Waals surface area contributed by atoms with Crippen molar-refractivity contribution in [2.75, 3.05) is 35.7 Å². The molecule has 1 saturated heterocycles. The van der Waals surface area contributed by atoms with Gasteiger partial charge in [0.25, 0.3) is 0 Å². The molecule has 1 atom stereocenters. The molecule has 0 spiro atoms. The van der Waals surface area contributed by atoms with Crippen molar-refractivity contribution in [3.05, 3.63) is 42.6 Å². The number of hydrogen-bond donors (Lipinski definition) is 2. The molecule has 1 aromatic carbocycles. The van der Waals surface area contributed by atoms with Crippen molar-refractivity contribution in [2.45, 2.75) is 12.5 Å². The third-order valence-electron chi connectivity index (χ3n) is 4.69. The molecule has 3 heterocycles. The Morgan fingerprint density at radius 1 is 1.47 bits per heavy atom. The fourth-order valence-corrected chi connectivity index (χ4v) is 4.20. The van der Waals surface area contributed by atoms with Crippen molar-refractivity contribution in [3.63, 3.8) is 0 Å². The highest BCUT2D eigenvalue weighted by Gasteiger charge is 2.26. The lowest BCUT2D eigenvalue weighted by molar-refractivity contribution is -0.111. The predicted molar refractivity (Wildman–Crippen MR) is 116 cm³/mol. The minimum Gasteiger partial charge on any atom is -0.480 e. The second-order valence-electron chi connectivity index (χ2n) is 6.68. The Labute approximate surface area is 177 Å². The van der Waals surface area contributed by atoms with Crippen LogP contribution in [0.15, 0.2) is 37.1 Å². The minimum absolute atomic E-state index is 0.150. The molecule has 0 bridgehead atoms. The number of hydrogen-bond acceptors (Lipinski definition) is 9. The Morgan fingerprint density at radius 3 is 3.10 bits per heavy atom. The van der Waals surface area contributed by atoms with Crippen LogP contribution in [0.2, 0.25) is 0 Å². The zero-order chi connectivity index (χ0) is 21.1. The first kappa shape index (κ1) is 19.6. The van der Waals surface area contributed by atoms with Crippen LogP contribution >= 0.6 is 11.3 Å². The summed E-state index contributed by atoms with van der Waals surface area (Å²) in [5.41, 5.74) is 1.83. The van der Waals surface area contributed by atoms with Gasteiger partial charge < -0.3 is 20.3 Å². The van der Waals surface area contributed by atoms with E-state index in [1.807, 2.05) is 24.3 Å². The quantitative estimate of drug-likeness (QED) is 0.584. The lowest BCUT2D eigenvalue weighted by Gasteiger charge is -2.16. The maximum Gasteiger partial charge on any atom is 0.247 e. The van der Waals surface area contributed by atoms with E-state index in [0.29, 0.717) is 17.2 Å². The molecule has 152 valence electrons. The number of ether oxygens (including phenoxy) is 1. The minimum atomic E-state index is -0.250. The largest absolute Gasteiger partial charge is 0.480 e. The van der Waals surface area contributed by atoms with Crippen molar-refractivity contribution in [3.8, 4) is 11.9 Å². The van der Waals surface area contributed by atoms with Crippen LogP contribution in [0.5, 0.6) is 5.88 Å². The van der Waals surface area contributed by atoms with Crippen LogP contribution < -0.4 is 20.3 Å². The van der Waals surface area contributed by atoms with Crippen LogP contribution in [-0.2, 0) is 4.79 Å². The summed E-state index contributed by atoms with van der Waals surface area (Å²) in [6.07, 6.45) is 3.60. The van der Waals surface area contributed by atoms with E-state index >= 15 is 0 Å². The van der Waals surface area contributed by atoms with Crippen molar-refractivity contribution in [1.82, 2.24) is 15.0 Å². The highest BCUT2D eigenvalue weighted by molar-refractivity contribution is 7.22. The number of anilines is 3. The lowest BCUT2D eigenvalue weighted by atomic mass is 10.3. The van der Waals surface area contributed by atoms with Gasteiger partial charge in [0.05, 0.1) is 23.5 Å². The molecule has 2 N–H and O–H groups in total. The molecule has 10 heteroatoms. The number of amides is 1. The van der Waals surface area contributed by atoms with Crippen molar-refractivity contribution in [2.24, 2.45) is 0 Å². The summed E-state index contributed by atoms with van der Waals surface area (Å²) in [4.78, 5) is 26.9. The predicted octanol–water partition coefficient (Wildman–Crippen LogP) is 2.78. The second-order valence-corrected chi connectivity index (χ2v) is 7.69. The van der Waals surface area contributed by atoms with E-state index in [4.69, 9.17) is 15.0 Å². The highest BCUT2D eigenvalue weighted by atomic mass is 32.1. The Bertz CT molecular complexity index is 1150. The standard InChI is InChI=1S/C20H19N7O2S/c1-3-17(28)23-13-4-5-16-15(8-13)25-20(30-16)27-7-6-14(11-27)24-19-22-10-12(9-21)18(26-19)29-2/h3-5,8,10,14H,1,6-7,11H2,2H3,(H,23,28)(H,22,24,26)/t14-/m1/s1. The molecule has 2 aromatic heterocycles. The highest BCUT2D eigenvalue weighted by Crippen LogP contribution is 2.32. The first-order valence-electron chi connectivity index (χ1n) is 9.26. The average Bonchev–Trinajstić information content (AvgIpc) is 3.40. The molecular weight excluding hydrogens is 402 g/mol. The van der Waals surface area contributed by atoms with Crippen LogP contribution in [0, 0.1) is 11.3 Å². The van der Waals surface area contributed by atoms with Gasteiger partial charge in [-0.15, -0.1) is 0 Å². The average molecular weight is 421 g/mol. The van der Waals surface area contributed by atoms with Crippen LogP contribution in [0.1, 0.15) is 12.0 Å². The van der Waals surface area contributed by atoms with Gasteiger partial charge in [0, 0.05) is 24.8 Å². The molecule has 9 nitrogen and oxygen atoms in total. The van der Waals surface area contributed by atoms with Gasteiger partial charge in [0.2, 0.25) is 17.7 Å². The van der Waals surface area contributed by atoms with E-state index in [1.54, 1.807) is 11.3 Å². The molecule has 0 radical (unpaired) electrons. The van der Waals surface area contributed by atoms with E-state index in [0.717, 1.165) is 34.9 Å². The maximum absolute atomic E-state index is 11.5. The van der Waals surface area contributed by atoms with Crippen molar-refractivity contribution < 1.29 is 9.53 Å². The van der Waals surface area contributed by atoms with E-state index < -0.39 is 0 Å². The van der Waals surface area contributed by atoms with Crippen molar-refractivity contribution >= 4 is 44.2 Å². The molecule has 4 rings (SSSR count). The van der Waals surface area contributed by atoms with Crippen LogP contribution in [0.25, 0.3) is 10.2 Å². The van der Waals surface area contributed by atoms with Gasteiger partial charge >= 0.3 is 0 Å². The molecule has 0 saturated carbocycles. The monoisotopic (exact) mass is 421 g/mol. The number of thiazole rings is 1. The van der Waals surface area contributed by atoms with E-state index in [2.05, 4.69) is 32.1 Å². The number of nitrogens with one attached hydrogen (secondary N) is 2. The number of nitriles is 1. The number of rotatable bonds is 6. The molecular formula is C20H19N7O2S. The SMILES string of the molecule is C=CC(=O)Nc1ccc2sc(N3CC[C@@H](Nc4ncc(C#N)c(OC)n4)C3)nc2c1. The van der Waals surface area contributed by atoms with E-state index in [9.17, 15) is 4.79 Å². The Morgan fingerprint density at radius 2 is 2.33 bits per heavy atom. The van der Waals surface area contributed by atoms with Gasteiger partial charge in [0.15, 0.2) is 5.13 Å². The lowest BCUT2D eigenvalue weighted by Crippen LogP contribution is -2.26. The van der Waals surface area contributed by atoms with Gasteiger partial charge in [-0.2, -0.15) is 10.2 Å². The molecule has 1 amide bonds. The van der Waals surface area contributed by atoms with Crippen LogP contribution in [0.4, 0.5) is 16.8 Å². The number of carbonyl (C=O) groups excluding carboxylic acids is 1. The van der Waals surface area contributed by atoms with Gasteiger partial charge in [0.1, 0.15) is 11.6 Å². The smallest absolute Gasteiger partial charge is 0.247 e. The van der Waals surface area contributed by atoms with Crippen LogP contribution in [0.3, 0.4) is 0 Å². The van der Waals surface area contributed by atoms with Crippen molar-refractivity contribution in [1.29, 1.82) is 5.26 Å². The summed E-state index contributed by atoms with van der Waals surface area (Å²) in [5, 5.41) is 16.0. The van der Waals surface area contributed by atoms with Gasteiger partial charge in [-0.05, 0) is 30.7 Å². The normalized spacial score (nSPS) is 15.6. The van der Waals surface area contributed by atoms with Crippen LogP contribution in [-0.4, -0.2) is 47.1 Å². The fraction of sp³-hybridized carbons (Fsp3) is 0.250. The molecule has 0 unspecified atom stereocenters. The maximum atomic E-state index is 11.5. The number of nitrogens with zero attached hydrogens (tertiary/aromatic N) is 5. The second kappa shape index (κ2) is 8.34. The first-order chi connectivity index (χ1) is 14.6. The topological polar surface area (TPSA) is 116 Å². The molecule has 30 heavy (non-hydrogen) atoms. The number of benzene rings is 1. The van der Waals surface area contributed by atoms with Gasteiger partial charge in [-0.25, -0.2) is 9.97 Å². The Hall–Kier alpha value is -3.71. The molecule has 1 aliphatic rings. The molecule has 1 fully saturated rings. The summed E-state index contributed by atoms with van der Waals surface area (Å²) in [7, 11) is 1.48. The van der Waals surface area contributed by atoms with Gasteiger partial charge in [-0.1, -0.05) is 17.9 Å². The third-order valence-corrected chi connectivity index (χ3v) is 5.79. The molecule has 1 aliphatic heterocycles.